The fraction of sp³-hybridized carbons (Fsp3) is 0.429. The van der Waals surface area contributed by atoms with Crippen LogP contribution in [0.5, 0.6) is 0 Å². The largest absolute Gasteiger partial charge is 0.338 e. The summed E-state index contributed by atoms with van der Waals surface area (Å²) in [4.78, 5) is 18.6. The molecule has 2 amide bonds. The lowest BCUT2D eigenvalue weighted by Crippen LogP contribution is -2.48. The molecule has 1 aromatic carbocycles. The maximum absolute atomic E-state index is 12.1. The zero-order valence-electron chi connectivity index (χ0n) is 15.4. The molecule has 2 N–H and O–H groups in total. The highest BCUT2D eigenvalue weighted by Crippen LogP contribution is 2.21. The average Bonchev–Trinajstić information content (AvgIpc) is 2.69. The molecule has 2 heterocycles. The molecule has 0 saturated heterocycles. The third-order valence-corrected chi connectivity index (χ3v) is 5.07. The Kier molecular flexibility index (Phi) is 6.61. The highest BCUT2D eigenvalue weighted by Gasteiger charge is 2.22. The van der Waals surface area contributed by atoms with Gasteiger partial charge in [0.25, 0.3) is 0 Å². The van der Waals surface area contributed by atoms with E-state index in [1.807, 2.05) is 18.3 Å². The second-order valence-electron chi connectivity index (χ2n) is 6.80. The summed E-state index contributed by atoms with van der Waals surface area (Å²) in [5.74, 6) is 0. The summed E-state index contributed by atoms with van der Waals surface area (Å²) in [5, 5.41) is 5.97. The van der Waals surface area contributed by atoms with Crippen molar-refractivity contribution in [1.82, 2.24) is 20.5 Å². The predicted octanol–water partition coefficient (Wildman–Crippen LogP) is 2.76. The van der Waals surface area contributed by atoms with E-state index in [0.717, 1.165) is 37.9 Å². The number of pyridine rings is 1. The summed E-state index contributed by atoms with van der Waals surface area (Å²) >= 11 is 0. The minimum atomic E-state index is -0.0928. The number of amides is 2. The van der Waals surface area contributed by atoms with Crippen LogP contribution in [0.4, 0.5) is 4.79 Å². The van der Waals surface area contributed by atoms with Gasteiger partial charge in [0.05, 0.1) is 0 Å². The molecule has 26 heavy (non-hydrogen) atoms. The maximum atomic E-state index is 12.1. The molecule has 5 heteroatoms. The normalized spacial score (nSPS) is 15.1. The van der Waals surface area contributed by atoms with Crippen molar-refractivity contribution in [2.24, 2.45) is 0 Å². The van der Waals surface area contributed by atoms with Gasteiger partial charge >= 0.3 is 6.03 Å². The van der Waals surface area contributed by atoms with E-state index >= 15 is 0 Å². The molecule has 1 aliphatic heterocycles. The number of fused-ring (bicyclic) bond motifs is 1. The van der Waals surface area contributed by atoms with Crippen LogP contribution in [0.2, 0.25) is 0 Å². The van der Waals surface area contributed by atoms with E-state index in [-0.39, 0.29) is 6.03 Å². The number of nitrogens with zero attached hydrogens (tertiary/aromatic N) is 2. The molecule has 0 saturated carbocycles. The van der Waals surface area contributed by atoms with E-state index in [1.165, 1.54) is 11.1 Å². The van der Waals surface area contributed by atoms with Gasteiger partial charge in [0, 0.05) is 44.6 Å². The number of rotatable bonds is 7. The van der Waals surface area contributed by atoms with E-state index in [9.17, 15) is 4.79 Å². The Hall–Kier alpha value is -2.40. The number of benzene rings is 1. The van der Waals surface area contributed by atoms with Gasteiger partial charge in [-0.05, 0) is 42.0 Å². The lowest BCUT2D eigenvalue weighted by Gasteiger charge is -2.35. The van der Waals surface area contributed by atoms with E-state index in [1.54, 1.807) is 6.20 Å². The maximum Gasteiger partial charge on any atom is 0.314 e. The topological polar surface area (TPSA) is 57.3 Å². The highest BCUT2D eigenvalue weighted by atomic mass is 16.2. The van der Waals surface area contributed by atoms with Crippen molar-refractivity contribution in [2.75, 3.05) is 19.6 Å². The summed E-state index contributed by atoms with van der Waals surface area (Å²) < 4.78 is 0. The first-order valence-corrected chi connectivity index (χ1v) is 9.47. The number of carbonyl (C=O) groups is 1. The van der Waals surface area contributed by atoms with Gasteiger partial charge in [-0.15, -0.1) is 0 Å². The van der Waals surface area contributed by atoms with Crippen LogP contribution in [-0.2, 0) is 19.4 Å². The number of hydrogen-bond acceptors (Lipinski definition) is 3. The molecular formula is C21H28N4O. The monoisotopic (exact) mass is 352 g/mol. The van der Waals surface area contributed by atoms with Crippen LogP contribution in [-0.4, -0.2) is 41.6 Å². The number of carbonyl (C=O) groups excluding carboxylic acids is 1. The first-order valence-electron chi connectivity index (χ1n) is 9.47. The Labute approximate surface area is 155 Å². The summed E-state index contributed by atoms with van der Waals surface area (Å²) in [6.07, 6.45) is 6.50. The van der Waals surface area contributed by atoms with Gasteiger partial charge < -0.3 is 10.6 Å². The fourth-order valence-electron chi connectivity index (χ4n) is 3.50. The molecule has 1 unspecified atom stereocenters. The van der Waals surface area contributed by atoms with Gasteiger partial charge in [-0.25, -0.2) is 4.79 Å². The van der Waals surface area contributed by atoms with Gasteiger partial charge in [-0.3, -0.25) is 9.88 Å². The molecule has 0 fully saturated rings. The SMILES string of the molecule is CCC(CNC(=O)NCCc1cccnc1)N1CCc2ccccc2C1. The van der Waals surface area contributed by atoms with Crippen molar-refractivity contribution in [1.29, 1.82) is 0 Å². The van der Waals surface area contributed by atoms with Crippen LogP contribution in [0, 0.1) is 0 Å². The minimum absolute atomic E-state index is 0.0928. The summed E-state index contributed by atoms with van der Waals surface area (Å²) in [6, 6.07) is 12.9. The van der Waals surface area contributed by atoms with Crippen molar-refractivity contribution in [3.05, 3.63) is 65.5 Å². The van der Waals surface area contributed by atoms with Crippen LogP contribution in [0.3, 0.4) is 0 Å². The van der Waals surface area contributed by atoms with Crippen molar-refractivity contribution in [3.8, 4) is 0 Å². The lowest BCUT2D eigenvalue weighted by atomic mass is 9.98. The van der Waals surface area contributed by atoms with Gasteiger partial charge in [0.15, 0.2) is 0 Å². The lowest BCUT2D eigenvalue weighted by molar-refractivity contribution is 0.169. The third kappa shape index (κ3) is 5.05. The molecule has 5 nitrogen and oxygen atoms in total. The Bertz CT molecular complexity index is 704. The third-order valence-electron chi connectivity index (χ3n) is 5.07. The van der Waals surface area contributed by atoms with Gasteiger partial charge in [-0.2, -0.15) is 0 Å². The second kappa shape index (κ2) is 9.34. The number of urea groups is 1. The number of aromatic nitrogens is 1. The highest BCUT2D eigenvalue weighted by molar-refractivity contribution is 5.73. The smallest absolute Gasteiger partial charge is 0.314 e. The predicted molar refractivity (Wildman–Crippen MR) is 104 cm³/mol. The molecule has 3 rings (SSSR count). The standard InChI is InChI=1S/C21H28N4O/c1-2-20(25-13-10-18-7-3-4-8-19(18)16-25)15-24-21(26)23-12-9-17-6-5-11-22-14-17/h3-8,11,14,20H,2,9-10,12-13,15-16H2,1H3,(H2,23,24,26). The molecule has 2 aromatic rings. The van der Waals surface area contributed by atoms with Crippen LogP contribution in [0.15, 0.2) is 48.8 Å². The number of nitrogens with one attached hydrogen (secondary N) is 2. The molecule has 138 valence electrons. The molecule has 1 atom stereocenters. The van der Waals surface area contributed by atoms with E-state index in [2.05, 4.69) is 51.7 Å². The molecule has 0 spiro atoms. The summed E-state index contributed by atoms with van der Waals surface area (Å²) in [5.41, 5.74) is 4.00. The van der Waals surface area contributed by atoms with Crippen molar-refractivity contribution < 1.29 is 4.79 Å². The Morgan fingerprint density at radius 1 is 1.19 bits per heavy atom. The molecule has 0 bridgehead atoms. The minimum Gasteiger partial charge on any atom is -0.338 e. The quantitative estimate of drug-likeness (QED) is 0.806. The molecular weight excluding hydrogens is 324 g/mol. The van der Waals surface area contributed by atoms with E-state index in [4.69, 9.17) is 0 Å². The van der Waals surface area contributed by atoms with Crippen molar-refractivity contribution in [2.45, 2.75) is 38.8 Å². The first-order chi connectivity index (χ1) is 12.8. The average molecular weight is 352 g/mol. The number of hydrogen-bond donors (Lipinski definition) is 2. The molecule has 1 aliphatic rings. The Morgan fingerprint density at radius 3 is 2.81 bits per heavy atom. The van der Waals surface area contributed by atoms with Crippen LogP contribution in [0.1, 0.15) is 30.0 Å². The molecule has 0 radical (unpaired) electrons. The van der Waals surface area contributed by atoms with E-state index in [0.29, 0.717) is 19.1 Å². The van der Waals surface area contributed by atoms with Gasteiger partial charge in [-0.1, -0.05) is 37.3 Å². The zero-order valence-corrected chi connectivity index (χ0v) is 15.4. The summed E-state index contributed by atoms with van der Waals surface area (Å²) in [6.45, 7) is 5.51. The Balaban J connectivity index is 1.42. The van der Waals surface area contributed by atoms with Crippen LogP contribution in [0.25, 0.3) is 0 Å². The zero-order chi connectivity index (χ0) is 18.2. The fourth-order valence-corrected chi connectivity index (χ4v) is 3.50. The van der Waals surface area contributed by atoms with E-state index < -0.39 is 0 Å². The second-order valence-corrected chi connectivity index (χ2v) is 6.80. The molecule has 0 aliphatic carbocycles. The van der Waals surface area contributed by atoms with Crippen LogP contribution < -0.4 is 10.6 Å². The molecule has 1 aromatic heterocycles. The van der Waals surface area contributed by atoms with Gasteiger partial charge in [0.2, 0.25) is 0 Å². The first kappa shape index (κ1) is 18.4. The van der Waals surface area contributed by atoms with Crippen molar-refractivity contribution >= 4 is 6.03 Å². The van der Waals surface area contributed by atoms with Crippen LogP contribution >= 0.6 is 0 Å². The van der Waals surface area contributed by atoms with Gasteiger partial charge in [0.1, 0.15) is 0 Å². The summed E-state index contributed by atoms with van der Waals surface area (Å²) in [7, 11) is 0. The Morgan fingerprint density at radius 2 is 2.04 bits per heavy atom. The van der Waals surface area contributed by atoms with Crippen molar-refractivity contribution in [3.63, 3.8) is 0 Å².